The zero-order valence-electron chi connectivity index (χ0n) is 11.0. The molecule has 1 aromatic rings. The second-order valence-electron chi connectivity index (χ2n) is 5.95. The summed E-state index contributed by atoms with van der Waals surface area (Å²) >= 11 is 0. The number of benzene rings is 1. The highest BCUT2D eigenvalue weighted by Crippen LogP contribution is 2.37. The molecule has 0 bridgehead atoms. The summed E-state index contributed by atoms with van der Waals surface area (Å²) in [5.74, 6) is 1.43. The molecule has 0 saturated heterocycles. The van der Waals surface area contributed by atoms with Crippen LogP contribution in [0.1, 0.15) is 73.2 Å². The van der Waals surface area contributed by atoms with Crippen LogP contribution < -0.4 is 0 Å². The van der Waals surface area contributed by atoms with Gasteiger partial charge in [0.15, 0.2) is 5.78 Å². The molecule has 0 N–H and O–H groups in total. The number of carbonyl (C=O) groups excluding carboxylic acids is 1. The molecule has 0 aliphatic heterocycles. The van der Waals surface area contributed by atoms with Crippen LogP contribution in [0, 0.1) is 5.92 Å². The Balaban J connectivity index is 1.75. The lowest BCUT2D eigenvalue weighted by Gasteiger charge is -2.26. The van der Waals surface area contributed by atoms with Crippen molar-refractivity contribution in [2.24, 2.45) is 5.92 Å². The van der Waals surface area contributed by atoms with Crippen LogP contribution in [0.25, 0.3) is 0 Å². The maximum atomic E-state index is 12.5. The summed E-state index contributed by atoms with van der Waals surface area (Å²) < 4.78 is 0. The van der Waals surface area contributed by atoms with Crippen molar-refractivity contribution in [2.75, 3.05) is 0 Å². The van der Waals surface area contributed by atoms with Gasteiger partial charge in [0.1, 0.15) is 0 Å². The number of Topliss-reactive ketones (excluding diaryl/α,β-unsaturated/α-hetero) is 1. The molecule has 1 nitrogen and oxygen atoms in total. The molecule has 0 unspecified atom stereocenters. The third-order valence-corrected chi connectivity index (χ3v) is 4.72. The predicted octanol–water partition coefficient (Wildman–Crippen LogP) is 4.72. The summed E-state index contributed by atoms with van der Waals surface area (Å²) in [6, 6.07) is 8.45. The highest BCUT2D eigenvalue weighted by Gasteiger charge is 2.24. The lowest BCUT2D eigenvalue weighted by atomic mass is 9.78. The van der Waals surface area contributed by atoms with E-state index < -0.39 is 0 Å². The van der Waals surface area contributed by atoms with Gasteiger partial charge in [0.2, 0.25) is 0 Å². The smallest absolute Gasteiger partial charge is 0.165 e. The van der Waals surface area contributed by atoms with Crippen LogP contribution in [-0.4, -0.2) is 5.78 Å². The Morgan fingerprint density at radius 3 is 2.39 bits per heavy atom. The van der Waals surface area contributed by atoms with Gasteiger partial charge >= 0.3 is 0 Å². The van der Waals surface area contributed by atoms with Gasteiger partial charge in [-0.15, -0.1) is 0 Å². The van der Waals surface area contributed by atoms with Gasteiger partial charge < -0.3 is 0 Å². The van der Waals surface area contributed by atoms with E-state index in [1.165, 1.54) is 44.1 Å². The summed E-state index contributed by atoms with van der Waals surface area (Å²) in [5.41, 5.74) is 2.36. The van der Waals surface area contributed by atoms with Crippen LogP contribution in [0.2, 0.25) is 0 Å². The van der Waals surface area contributed by atoms with Crippen molar-refractivity contribution < 1.29 is 4.79 Å². The van der Waals surface area contributed by atoms with Crippen molar-refractivity contribution in [1.82, 2.24) is 0 Å². The Morgan fingerprint density at radius 1 is 0.944 bits per heavy atom. The molecule has 0 aromatic heterocycles. The summed E-state index contributed by atoms with van der Waals surface area (Å²) in [6.07, 6.45) is 9.95. The van der Waals surface area contributed by atoms with Crippen molar-refractivity contribution in [2.45, 2.75) is 57.3 Å². The molecule has 0 amide bonds. The molecular formula is C17H22O. The number of hydrogen-bond donors (Lipinski definition) is 0. The molecule has 2 aliphatic rings. The number of ketones is 1. The first-order valence-corrected chi connectivity index (χ1v) is 7.49. The standard InChI is InChI=1S/C17H22O/c18-17(14-6-2-1-3-7-14)16-11-5-10-15(12-16)13-8-4-9-13/h5,10-14H,1-4,6-9H2. The molecule has 0 atom stereocenters. The van der Waals surface area contributed by atoms with Gasteiger partial charge in [0.05, 0.1) is 0 Å². The highest BCUT2D eigenvalue weighted by molar-refractivity contribution is 5.98. The maximum Gasteiger partial charge on any atom is 0.165 e. The minimum Gasteiger partial charge on any atom is -0.294 e. The zero-order valence-corrected chi connectivity index (χ0v) is 11.0. The van der Waals surface area contributed by atoms with Crippen molar-refractivity contribution >= 4 is 5.78 Å². The molecule has 2 saturated carbocycles. The van der Waals surface area contributed by atoms with Gasteiger partial charge in [-0.1, -0.05) is 43.9 Å². The summed E-state index contributed by atoms with van der Waals surface area (Å²) in [6.45, 7) is 0. The van der Waals surface area contributed by atoms with E-state index >= 15 is 0 Å². The van der Waals surface area contributed by atoms with Crippen LogP contribution in [0.3, 0.4) is 0 Å². The van der Waals surface area contributed by atoms with Crippen LogP contribution in [0.15, 0.2) is 24.3 Å². The number of carbonyl (C=O) groups is 1. The lowest BCUT2D eigenvalue weighted by molar-refractivity contribution is 0.0889. The fourth-order valence-electron chi connectivity index (χ4n) is 3.29. The van der Waals surface area contributed by atoms with Crippen molar-refractivity contribution in [3.05, 3.63) is 35.4 Å². The molecule has 3 rings (SSSR count). The minimum absolute atomic E-state index is 0.301. The van der Waals surface area contributed by atoms with E-state index in [1.54, 1.807) is 0 Å². The Bertz CT molecular complexity index is 425. The second kappa shape index (κ2) is 5.26. The van der Waals surface area contributed by atoms with E-state index in [-0.39, 0.29) is 0 Å². The van der Waals surface area contributed by atoms with Crippen molar-refractivity contribution in [3.63, 3.8) is 0 Å². The Labute approximate surface area is 110 Å². The van der Waals surface area contributed by atoms with Crippen LogP contribution >= 0.6 is 0 Å². The summed E-state index contributed by atoms with van der Waals surface area (Å²) in [4.78, 5) is 12.5. The van der Waals surface area contributed by atoms with E-state index in [1.807, 2.05) is 6.07 Å². The van der Waals surface area contributed by atoms with Gasteiger partial charge in [0.25, 0.3) is 0 Å². The minimum atomic E-state index is 0.301. The first-order chi connectivity index (χ1) is 8.84. The fraction of sp³-hybridized carbons (Fsp3) is 0.588. The molecule has 1 heteroatoms. The van der Waals surface area contributed by atoms with Crippen LogP contribution in [0.4, 0.5) is 0 Å². The predicted molar refractivity (Wildman–Crippen MR) is 73.9 cm³/mol. The molecule has 96 valence electrons. The monoisotopic (exact) mass is 242 g/mol. The lowest BCUT2D eigenvalue weighted by Crippen LogP contribution is -2.18. The Hall–Kier alpha value is -1.11. The average molecular weight is 242 g/mol. The third-order valence-electron chi connectivity index (χ3n) is 4.72. The summed E-state index contributed by atoms with van der Waals surface area (Å²) in [5, 5.41) is 0. The molecular weight excluding hydrogens is 220 g/mol. The largest absolute Gasteiger partial charge is 0.294 e. The summed E-state index contributed by atoms with van der Waals surface area (Å²) in [7, 11) is 0. The molecule has 2 aliphatic carbocycles. The molecule has 0 spiro atoms. The molecule has 2 fully saturated rings. The average Bonchev–Trinajstić information content (AvgIpc) is 2.37. The van der Waals surface area contributed by atoms with Crippen LogP contribution in [-0.2, 0) is 0 Å². The number of rotatable bonds is 3. The van der Waals surface area contributed by atoms with Crippen LogP contribution in [0.5, 0.6) is 0 Å². The Kier molecular flexibility index (Phi) is 3.49. The highest BCUT2D eigenvalue weighted by atomic mass is 16.1. The molecule has 1 aromatic carbocycles. The zero-order chi connectivity index (χ0) is 12.4. The van der Waals surface area contributed by atoms with E-state index in [4.69, 9.17) is 0 Å². The van der Waals surface area contributed by atoms with Gasteiger partial charge in [-0.05, 0) is 43.2 Å². The van der Waals surface area contributed by atoms with Gasteiger partial charge in [-0.25, -0.2) is 0 Å². The van der Waals surface area contributed by atoms with E-state index in [2.05, 4.69) is 18.2 Å². The first kappa shape index (κ1) is 12.0. The second-order valence-corrected chi connectivity index (χ2v) is 5.95. The topological polar surface area (TPSA) is 17.1 Å². The SMILES string of the molecule is O=C(c1cccc(C2CCC2)c1)C1CCCCC1. The Morgan fingerprint density at radius 2 is 1.72 bits per heavy atom. The van der Waals surface area contributed by atoms with Crippen molar-refractivity contribution in [1.29, 1.82) is 0 Å². The van der Waals surface area contributed by atoms with E-state index in [0.29, 0.717) is 11.7 Å². The van der Waals surface area contributed by atoms with E-state index in [0.717, 1.165) is 24.3 Å². The van der Waals surface area contributed by atoms with Crippen molar-refractivity contribution in [3.8, 4) is 0 Å². The maximum absolute atomic E-state index is 12.5. The molecule has 0 radical (unpaired) electrons. The third kappa shape index (κ3) is 2.36. The van der Waals surface area contributed by atoms with Gasteiger partial charge in [0, 0.05) is 11.5 Å². The molecule has 18 heavy (non-hydrogen) atoms. The van der Waals surface area contributed by atoms with Gasteiger partial charge in [-0.3, -0.25) is 4.79 Å². The van der Waals surface area contributed by atoms with E-state index in [9.17, 15) is 4.79 Å². The fourth-order valence-corrected chi connectivity index (χ4v) is 3.29. The quantitative estimate of drug-likeness (QED) is 0.701. The number of hydrogen-bond acceptors (Lipinski definition) is 1. The van der Waals surface area contributed by atoms with Gasteiger partial charge in [-0.2, -0.15) is 0 Å². The molecule has 0 heterocycles. The normalized spacial score (nSPS) is 21.6. The first-order valence-electron chi connectivity index (χ1n) is 7.49.